The quantitative estimate of drug-likeness (QED) is 0.521. The molecule has 0 fully saturated rings. The normalized spacial score (nSPS) is 11.7. The minimum absolute atomic E-state index is 0.0108. The predicted molar refractivity (Wildman–Crippen MR) is 120 cm³/mol. The third-order valence-corrected chi connectivity index (χ3v) is 5.89. The molecule has 0 unspecified atom stereocenters. The number of rotatable bonds is 5. The van der Waals surface area contributed by atoms with Gasteiger partial charge < -0.3 is 11.5 Å². The summed E-state index contributed by atoms with van der Waals surface area (Å²) in [6, 6.07) is 16.0. The van der Waals surface area contributed by atoms with Gasteiger partial charge >= 0.3 is 0 Å². The molecule has 0 amide bonds. The highest BCUT2D eigenvalue weighted by Gasteiger charge is 2.14. The summed E-state index contributed by atoms with van der Waals surface area (Å²) in [5.41, 5.74) is 12.9. The number of anilines is 3. The first-order valence-corrected chi connectivity index (χ1v) is 10.6. The van der Waals surface area contributed by atoms with Crippen LogP contribution in [0.15, 0.2) is 69.4 Å². The van der Waals surface area contributed by atoms with Crippen molar-refractivity contribution in [2.75, 3.05) is 16.2 Å². The third kappa shape index (κ3) is 4.57. The first kappa shape index (κ1) is 21.6. The van der Waals surface area contributed by atoms with Crippen LogP contribution in [0.25, 0.3) is 0 Å². The van der Waals surface area contributed by atoms with E-state index in [9.17, 15) is 13.2 Å². The number of nitrogen functional groups attached to an aromatic ring is 2. The number of nitrogens with one attached hydrogen (secondary N) is 1. The van der Waals surface area contributed by atoms with Crippen molar-refractivity contribution < 1.29 is 8.42 Å². The van der Waals surface area contributed by atoms with Crippen LogP contribution in [-0.2, 0) is 10.0 Å². The van der Waals surface area contributed by atoms with Gasteiger partial charge in [-0.3, -0.25) is 9.52 Å². The van der Waals surface area contributed by atoms with Gasteiger partial charge in [0.2, 0.25) is 0 Å². The molecule has 0 radical (unpaired) electrons. The van der Waals surface area contributed by atoms with Crippen molar-refractivity contribution in [2.45, 2.75) is 18.7 Å². The predicted octanol–water partition coefficient (Wildman–Crippen LogP) is 2.27. The molecule has 2 aromatic carbocycles. The number of sulfonamides is 1. The van der Waals surface area contributed by atoms with Crippen molar-refractivity contribution in [1.82, 2.24) is 4.68 Å². The topological polar surface area (TPSA) is 156 Å². The number of nitrogens with zero attached hydrogens (tertiary/aromatic N) is 3. The highest BCUT2D eigenvalue weighted by atomic mass is 32.2. The van der Waals surface area contributed by atoms with Crippen LogP contribution in [-0.4, -0.2) is 18.8 Å². The van der Waals surface area contributed by atoms with Gasteiger partial charge in [0.15, 0.2) is 0 Å². The molecule has 0 atom stereocenters. The van der Waals surface area contributed by atoms with Gasteiger partial charge in [0.25, 0.3) is 15.6 Å². The van der Waals surface area contributed by atoms with E-state index in [2.05, 4.69) is 9.82 Å². The summed E-state index contributed by atoms with van der Waals surface area (Å²) in [6.07, 6.45) is 0. The molecule has 1 aromatic heterocycles. The van der Waals surface area contributed by atoms with Crippen molar-refractivity contribution in [3.05, 3.63) is 81.6 Å². The molecule has 1 heterocycles. The largest absolute Gasteiger partial charge is 0.397 e. The molecule has 0 saturated carbocycles. The van der Waals surface area contributed by atoms with Gasteiger partial charge in [0, 0.05) is 11.8 Å². The van der Waals surface area contributed by atoms with Gasteiger partial charge in [-0.05, 0) is 43.7 Å². The Labute approximate surface area is 179 Å². The van der Waals surface area contributed by atoms with Crippen molar-refractivity contribution >= 4 is 32.9 Å². The van der Waals surface area contributed by atoms with Crippen LogP contribution >= 0.6 is 0 Å². The molecule has 10 heteroatoms. The van der Waals surface area contributed by atoms with Crippen LogP contribution in [0.4, 0.5) is 17.2 Å². The van der Waals surface area contributed by atoms with E-state index in [-0.39, 0.29) is 22.0 Å². The zero-order valence-electron chi connectivity index (χ0n) is 16.8. The maximum absolute atomic E-state index is 12.5. The van der Waals surface area contributed by atoms with Crippen LogP contribution in [0.5, 0.6) is 0 Å². The molecule has 0 aliphatic rings. The summed E-state index contributed by atoms with van der Waals surface area (Å²) in [5.74, 6) is -0.0108. The van der Waals surface area contributed by atoms with Gasteiger partial charge in [0.05, 0.1) is 16.3 Å². The summed E-state index contributed by atoms with van der Waals surface area (Å²) in [5, 5.41) is 13.3. The van der Waals surface area contributed by atoms with Crippen molar-refractivity contribution in [3.8, 4) is 6.07 Å². The standard InChI is InChI=1S/C21H20N6O3S/c1-13-3-9-17(10-4-13)31(29,30)26-16-7-5-15(6-8-16)14(2)25-27-20(24)11-19(23)18(12-22)21(27)28/h3-11,26H,23-24H2,1-2H3/b25-14+. The molecule has 0 saturated heterocycles. The van der Waals surface area contributed by atoms with Crippen molar-refractivity contribution in [1.29, 1.82) is 5.26 Å². The van der Waals surface area contributed by atoms with E-state index in [4.69, 9.17) is 16.7 Å². The molecule has 3 aromatic rings. The van der Waals surface area contributed by atoms with E-state index in [1.165, 1.54) is 18.2 Å². The number of nitriles is 1. The minimum atomic E-state index is -3.72. The number of hydrogen-bond acceptors (Lipinski definition) is 7. The Hall–Kier alpha value is -4.10. The molecule has 31 heavy (non-hydrogen) atoms. The molecular formula is C21H20N6O3S. The van der Waals surface area contributed by atoms with Gasteiger partial charge in [-0.15, -0.1) is 0 Å². The summed E-state index contributed by atoms with van der Waals surface area (Å²) < 4.78 is 28.4. The molecular weight excluding hydrogens is 416 g/mol. The van der Waals surface area contributed by atoms with E-state index < -0.39 is 15.6 Å². The molecule has 9 nitrogen and oxygen atoms in total. The van der Waals surface area contributed by atoms with Crippen molar-refractivity contribution in [3.63, 3.8) is 0 Å². The zero-order chi connectivity index (χ0) is 22.8. The second-order valence-electron chi connectivity index (χ2n) is 6.81. The number of benzene rings is 2. The fraction of sp³-hybridized carbons (Fsp3) is 0.0952. The monoisotopic (exact) mass is 436 g/mol. The van der Waals surface area contributed by atoms with E-state index in [1.54, 1.807) is 49.4 Å². The lowest BCUT2D eigenvalue weighted by molar-refractivity contribution is 0.601. The fourth-order valence-corrected chi connectivity index (χ4v) is 3.83. The summed E-state index contributed by atoms with van der Waals surface area (Å²) in [7, 11) is -3.72. The molecule has 0 aliphatic carbocycles. The average Bonchev–Trinajstić information content (AvgIpc) is 2.71. The van der Waals surface area contributed by atoms with Crippen LogP contribution in [0.2, 0.25) is 0 Å². The Balaban J connectivity index is 1.88. The van der Waals surface area contributed by atoms with Crippen LogP contribution in [0.1, 0.15) is 23.6 Å². The second-order valence-corrected chi connectivity index (χ2v) is 8.49. The Morgan fingerprint density at radius 3 is 2.29 bits per heavy atom. The smallest absolute Gasteiger partial charge is 0.292 e. The SMILES string of the molecule is C/C(=N\n1c(N)cc(N)c(C#N)c1=O)c1ccc(NS(=O)(=O)c2ccc(C)cc2)cc1. The van der Waals surface area contributed by atoms with E-state index in [1.807, 2.05) is 6.92 Å². The molecule has 3 rings (SSSR count). The maximum Gasteiger partial charge on any atom is 0.292 e. The highest BCUT2D eigenvalue weighted by Crippen LogP contribution is 2.18. The zero-order valence-corrected chi connectivity index (χ0v) is 17.6. The third-order valence-electron chi connectivity index (χ3n) is 4.49. The van der Waals surface area contributed by atoms with Crippen LogP contribution in [0, 0.1) is 18.3 Å². The number of aromatic nitrogens is 1. The molecule has 0 spiro atoms. The van der Waals surface area contributed by atoms with Crippen LogP contribution in [0.3, 0.4) is 0 Å². The number of hydrogen-bond donors (Lipinski definition) is 3. The van der Waals surface area contributed by atoms with Crippen LogP contribution < -0.4 is 21.7 Å². The lowest BCUT2D eigenvalue weighted by Crippen LogP contribution is -2.24. The maximum atomic E-state index is 12.5. The highest BCUT2D eigenvalue weighted by molar-refractivity contribution is 7.92. The van der Waals surface area contributed by atoms with Gasteiger partial charge in [0.1, 0.15) is 17.5 Å². The van der Waals surface area contributed by atoms with Gasteiger partial charge in [-0.25, -0.2) is 8.42 Å². The molecule has 5 N–H and O–H groups in total. The average molecular weight is 436 g/mol. The number of pyridine rings is 1. The summed E-state index contributed by atoms with van der Waals surface area (Å²) in [6.45, 7) is 3.53. The molecule has 158 valence electrons. The van der Waals surface area contributed by atoms with E-state index in [0.29, 0.717) is 17.0 Å². The Morgan fingerprint density at radius 1 is 1.10 bits per heavy atom. The van der Waals surface area contributed by atoms with Crippen molar-refractivity contribution in [2.24, 2.45) is 5.10 Å². The fourth-order valence-electron chi connectivity index (χ4n) is 2.77. The second kappa shape index (κ2) is 8.33. The first-order valence-electron chi connectivity index (χ1n) is 9.09. The van der Waals surface area contributed by atoms with E-state index in [0.717, 1.165) is 10.2 Å². The van der Waals surface area contributed by atoms with Gasteiger partial charge in [-0.2, -0.15) is 15.0 Å². The van der Waals surface area contributed by atoms with Gasteiger partial charge in [-0.1, -0.05) is 29.8 Å². The minimum Gasteiger partial charge on any atom is -0.397 e. The Bertz CT molecular complexity index is 1370. The first-order chi connectivity index (χ1) is 14.6. The summed E-state index contributed by atoms with van der Waals surface area (Å²) >= 11 is 0. The van der Waals surface area contributed by atoms with E-state index >= 15 is 0 Å². The molecule has 0 bridgehead atoms. The molecule has 0 aliphatic heterocycles. The lowest BCUT2D eigenvalue weighted by Gasteiger charge is -2.10. The summed E-state index contributed by atoms with van der Waals surface area (Å²) in [4.78, 5) is 12.5. The Morgan fingerprint density at radius 2 is 1.71 bits per heavy atom. The Kier molecular flexibility index (Phi) is 5.81. The number of aryl methyl sites for hydroxylation is 1. The lowest BCUT2D eigenvalue weighted by atomic mass is 10.1. The number of nitrogens with two attached hydrogens (primary N) is 2.